The second-order valence-corrected chi connectivity index (χ2v) is 3.73. The molecule has 1 unspecified atom stereocenters. The molecule has 1 nitrogen and oxygen atoms in total. The topological polar surface area (TPSA) is 20.2 Å². The molecule has 58 valence electrons. The van der Waals surface area contributed by atoms with Gasteiger partial charge in [-0.3, -0.25) is 0 Å². The molecule has 0 bridgehead atoms. The van der Waals surface area contributed by atoms with Gasteiger partial charge in [-0.1, -0.05) is 26.7 Å². The second-order valence-electron chi connectivity index (χ2n) is 3.73. The molecular weight excluding hydrogens is 124 g/mol. The summed E-state index contributed by atoms with van der Waals surface area (Å²) in [4.78, 5) is 0. The van der Waals surface area contributed by atoms with Crippen molar-refractivity contribution in [2.75, 3.05) is 0 Å². The Morgan fingerprint density at radius 3 is 2.20 bits per heavy atom. The van der Waals surface area contributed by atoms with E-state index in [1.54, 1.807) is 6.92 Å². The predicted octanol–water partition coefficient (Wildman–Crippen LogP) is 1.81. The van der Waals surface area contributed by atoms with Gasteiger partial charge in [-0.25, -0.2) is 0 Å². The highest BCUT2D eigenvalue weighted by Gasteiger charge is 2.06. The average Bonchev–Trinajstić information content (AvgIpc) is 1.59. The van der Waals surface area contributed by atoms with Crippen LogP contribution in [0.25, 0.3) is 0 Å². The van der Waals surface area contributed by atoms with Crippen molar-refractivity contribution >= 4 is 0 Å². The summed E-state index contributed by atoms with van der Waals surface area (Å²) < 4.78 is 0. The Bertz CT molecular complexity index is 140. The van der Waals surface area contributed by atoms with Crippen LogP contribution in [0, 0.1) is 17.3 Å². The molecule has 0 heterocycles. The molecule has 0 radical (unpaired) electrons. The number of aliphatic hydroxyl groups is 1. The Hall–Kier alpha value is -0.480. The fourth-order valence-corrected chi connectivity index (χ4v) is 0.464. The second kappa shape index (κ2) is 3.63. The fourth-order valence-electron chi connectivity index (χ4n) is 0.464. The summed E-state index contributed by atoms with van der Waals surface area (Å²) in [6.07, 6.45) is 0.361. The molecule has 0 saturated heterocycles. The summed E-state index contributed by atoms with van der Waals surface area (Å²) in [6.45, 7) is 8.06. The Morgan fingerprint density at radius 1 is 1.40 bits per heavy atom. The first-order valence-electron chi connectivity index (χ1n) is 3.58. The van der Waals surface area contributed by atoms with Crippen molar-refractivity contribution < 1.29 is 5.11 Å². The molecule has 0 amide bonds. The van der Waals surface area contributed by atoms with Crippen molar-refractivity contribution in [3.05, 3.63) is 0 Å². The lowest BCUT2D eigenvalue weighted by Crippen LogP contribution is -2.03. The first-order valence-corrected chi connectivity index (χ1v) is 3.58. The van der Waals surface area contributed by atoms with E-state index >= 15 is 0 Å². The van der Waals surface area contributed by atoms with E-state index in [9.17, 15) is 0 Å². The summed E-state index contributed by atoms with van der Waals surface area (Å²) in [6, 6.07) is 0. The SMILES string of the molecule is CC(O)C#CCC(C)(C)C. The van der Waals surface area contributed by atoms with Gasteiger partial charge in [0.1, 0.15) is 6.10 Å². The van der Waals surface area contributed by atoms with Crippen LogP contribution in [0.2, 0.25) is 0 Å². The third kappa shape index (κ3) is 7.52. The molecule has 1 atom stereocenters. The maximum atomic E-state index is 8.78. The van der Waals surface area contributed by atoms with E-state index < -0.39 is 6.10 Å². The van der Waals surface area contributed by atoms with Gasteiger partial charge in [-0.05, 0) is 12.3 Å². The van der Waals surface area contributed by atoms with Crippen molar-refractivity contribution in [2.45, 2.75) is 40.2 Å². The summed E-state index contributed by atoms with van der Waals surface area (Å²) >= 11 is 0. The fraction of sp³-hybridized carbons (Fsp3) is 0.778. The molecule has 1 N–H and O–H groups in total. The number of rotatable bonds is 0. The maximum absolute atomic E-state index is 8.78. The molecule has 0 aliphatic heterocycles. The van der Waals surface area contributed by atoms with Gasteiger partial charge in [0.2, 0.25) is 0 Å². The van der Waals surface area contributed by atoms with Gasteiger partial charge >= 0.3 is 0 Å². The zero-order chi connectivity index (χ0) is 8.20. The Balaban J connectivity index is 3.67. The minimum Gasteiger partial charge on any atom is -0.381 e. The maximum Gasteiger partial charge on any atom is 0.111 e. The molecule has 0 aliphatic rings. The number of hydrogen-bond donors (Lipinski definition) is 1. The number of hydrogen-bond acceptors (Lipinski definition) is 1. The lowest BCUT2D eigenvalue weighted by molar-refractivity contribution is 0.253. The minimum absolute atomic E-state index is 0.252. The molecule has 0 aliphatic carbocycles. The van der Waals surface area contributed by atoms with Crippen molar-refractivity contribution in [1.29, 1.82) is 0 Å². The first-order chi connectivity index (χ1) is 4.42. The van der Waals surface area contributed by atoms with Crippen molar-refractivity contribution in [3.63, 3.8) is 0 Å². The van der Waals surface area contributed by atoms with Crippen LogP contribution in [0.1, 0.15) is 34.1 Å². The zero-order valence-electron chi connectivity index (χ0n) is 7.23. The molecule has 0 aromatic heterocycles. The van der Waals surface area contributed by atoms with E-state index in [2.05, 4.69) is 32.6 Å². The lowest BCUT2D eigenvalue weighted by Gasteiger charge is -2.12. The van der Waals surface area contributed by atoms with Gasteiger partial charge in [0, 0.05) is 6.42 Å². The zero-order valence-corrected chi connectivity index (χ0v) is 7.23. The molecule has 1 heteroatoms. The number of aliphatic hydroxyl groups excluding tert-OH is 1. The van der Waals surface area contributed by atoms with E-state index in [0.717, 1.165) is 6.42 Å². The van der Waals surface area contributed by atoms with Gasteiger partial charge in [0.05, 0.1) is 0 Å². The summed E-state index contributed by atoms with van der Waals surface area (Å²) in [5, 5.41) is 8.78. The lowest BCUT2D eigenvalue weighted by atomic mass is 9.93. The van der Waals surface area contributed by atoms with Gasteiger partial charge in [0.25, 0.3) is 0 Å². The first kappa shape index (κ1) is 9.52. The Kier molecular flexibility index (Phi) is 3.46. The highest BCUT2D eigenvalue weighted by atomic mass is 16.3. The monoisotopic (exact) mass is 140 g/mol. The molecule has 0 fully saturated rings. The molecule has 0 aromatic rings. The van der Waals surface area contributed by atoms with E-state index in [1.807, 2.05) is 0 Å². The standard InChI is InChI=1S/C9H16O/c1-8(10)6-5-7-9(2,3)4/h8,10H,7H2,1-4H3. The third-order valence-corrected chi connectivity index (χ3v) is 0.930. The van der Waals surface area contributed by atoms with Crippen LogP contribution >= 0.6 is 0 Å². The van der Waals surface area contributed by atoms with Crippen LogP contribution in [0.3, 0.4) is 0 Å². The van der Waals surface area contributed by atoms with Crippen LogP contribution in [0.4, 0.5) is 0 Å². The molecular formula is C9H16O. The Labute approximate surface area is 63.5 Å². The van der Waals surface area contributed by atoms with E-state index in [-0.39, 0.29) is 5.41 Å². The summed E-state index contributed by atoms with van der Waals surface area (Å²) in [5.74, 6) is 5.63. The Morgan fingerprint density at radius 2 is 1.90 bits per heavy atom. The highest BCUT2D eigenvalue weighted by molar-refractivity contribution is 5.04. The third-order valence-electron chi connectivity index (χ3n) is 0.930. The van der Waals surface area contributed by atoms with Crippen LogP contribution < -0.4 is 0 Å². The van der Waals surface area contributed by atoms with Gasteiger partial charge in [-0.2, -0.15) is 0 Å². The average molecular weight is 140 g/mol. The molecule has 0 aromatic carbocycles. The van der Waals surface area contributed by atoms with Crippen LogP contribution in [0.15, 0.2) is 0 Å². The molecule has 0 saturated carbocycles. The predicted molar refractivity (Wildman–Crippen MR) is 43.5 cm³/mol. The normalized spacial score (nSPS) is 13.7. The van der Waals surface area contributed by atoms with Crippen molar-refractivity contribution in [1.82, 2.24) is 0 Å². The molecule has 0 rings (SSSR count). The summed E-state index contributed by atoms with van der Waals surface area (Å²) in [5.41, 5.74) is 0.252. The van der Waals surface area contributed by atoms with E-state index in [4.69, 9.17) is 5.11 Å². The molecule has 10 heavy (non-hydrogen) atoms. The highest BCUT2D eigenvalue weighted by Crippen LogP contribution is 2.16. The van der Waals surface area contributed by atoms with E-state index in [0.29, 0.717) is 0 Å². The van der Waals surface area contributed by atoms with Gasteiger partial charge < -0.3 is 5.11 Å². The van der Waals surface area contributed by atoms with Crippen molar-refractivity contribution in [3.8, 4) is 11.8 Å². The van der Waals surface area contributed by atoms with Crippen LogP contribution in [0.5, 0.6) is 0 Å². The largest absolute Gasteiger partial charge is 0.381 e. The van der Waals surface area contributed by atoms with Crippen LogP contribution in [-0.2, 0) is 0 Å². The van der Waals surface area contributed by atoms with Gasteiger partial charge in [-0.15, -0.1) is 5.92 Å². The van der Waals surface area contributed by atoms with E-state index in [1.165, 1.54) is 0 Å². The smallest absolute Gasteiger partial charge is 0.111 e. The quantitative estimate of drug-likeness (QED) is 0.509. The minimum atomic E-state index is -0.484. The molecule has 0 spiro atoms. The van der Waals surface area contributed by atoms with Crippen molar-refractivity contribution in [2.24, 2.45) is 5.41 Å². The summed E-state index contributed by atoms with van der Waals surface area (Å²) in [7, 11) is 0. The van der Waals surface area contributed by atoms with Gasteiger partial charge in [0.15, 0.2) is 0 Å². The van der Waals surface area contributed by atoms with Crippen LogP contribution in [-0.4, -0.2) is 11.2 Å².